The Bertz CT molecular complexity index is 119. The summed E-state index contributed by atoms with van der Waals surface area (Å²) in [7, 11) is 0. The SMILES string of the molecule is CCCCCCCC(CC)=NN. The first-order chi connectivity index (χ1) is 5.85. The molecule has 0 aliphatic rings. The smallest absolute Gasteiger partial charge is 0.0373 e. The van der Waals surface area contributed by atoms with E-state index in [-0.39, 0.29) is 0 Å². The van der Waals surface area contributed by atoms with Crippen LogP contribution in [0.15, 0.2) is 5.10 Å². The Balaban J connectivity index is 3.18. The van der Waals surface area contributed by atoms with Crippen LogP contribution in [0.25, 0.3) is 0 Å². The first-order valence-corrected chi connectivity index (χ1v) is 5.10. The van der Waals surface area contributed by atoms with Crippen molar-refractivity contribution >= 4 is 5.71 Å². The van der Waals surface area contributed by atoms with E-state index < -0.39 is 0 Å². The van der Waals surface area contributed by atoms with E-state index in [1.807, 2.05) is 0 Å². The van der Waals surface area contributed by atoms with Crippen molar-refractivity contribution in [3.05, 3.63) is 0 Å². The lowest BCUT2D eigenvalue weighted by Gasteiger charge is -2.01. The highest BCUT2D eigenvalue weighted by Crippen LogP contribution is 2.06. The van der Waals surface area contributed by atoms with Crippen LogP contribution in [0.2, 0.25) is 0 Å². The van der Waals surface area contributed by atoms with E-state index in [0.717, 1.165) is 18.6 Å². The number of hydrogen-bond acceptors (Lipinski definition) is 2. The Kier molecular flexibility index (Phi) is 8.19. The molecule has 0 aliphatic heterocycles. The summed E-state index contributed by atoms with van der Waals surface area (Å²) in [5.74, 6) is 5.21. The van der Waals surface area contributed by atoms with E-state index in [4.69, 9.17) is 5.84 Å². The number of nitrogens with zero attached hydrogens (tertiary/aromatic N) is 1. The lowest BCUT2D eigenvalue weighted by molar-refractivity contribution is 0.641. The maximum absolute atomic E-state index is 5.21. The maximum atomic E-state index is 5.21. The van der Waals surface area contributed by atoms with Crippen molar-refractivity contribution in [1.82, 2.24) is 0 Å². The van der Waals surface area contributed by atoms with Crippen LogP contribution in [0.4, 0.5) is 0 Å². The molecule has 0 bridgehead atoms. The fraction of sp³-hybridized carbons (Fsp3) is 0.900. The summed E-state index contributed by atoms with van der Waals surface area (Å²) in [6.45, 7) is 4.34. The second-order valence-corrected chi connectivity index (χ2v) is 3.21. The quantitative estimate of drug-likeness (QED) is 0.271. The second kappa shape index (κ2) is 8.57. The predicted octanol–water partition coefficient (Wildman–Crippen LogP) is 3.07. The van der Waals surface area contributed by atoms with Gasteiger partial charge in [0.25, 0.3) is 0 Å². The summed E-state index contributed by atoms with van der Waals surface area (Å²) in [6, 6.07) is 0. The Morgan fingerprint density at radius 2 is 1.75 bits per heavy atom. The van der Waals surface area contributed by atoms with E-state index in [1.54, 1.807) is 0 Å². The monoisotopic (exact) mass is 170 g/mol. The minimum absolute atomic E-state index is 1.00. The maximum Gasteiger partial charge on any atom is 0.0373 e. The van der Waals surface area contributed by atoms with Crippen LogP contribution >= 0.6 is 0 Å². The van der Waals surface area contributed by atoms with Gasteiger partial charge in [-0.3, -0.25) is 0 Å². The van der Waals surface area contributed by atoms with Crippen molar-refractivity contribution in [2.45, 2.75) is 58.8 Å². The lowest BCUT2D eigenvalue weighted by atomic mass is 10.1. The van der Waals surface area contributed by atoms with Crippen molar-refractivity contribution in [1.29, 1.82) is 0 Å². The summed E-state index contributed by atoms with van der Waals surface area (Å²) in [6.07, 6.45) is 8.71. The Hall–Kier alpha value is -0.530. The number of hydrogen-bond donors (Lipinski definition) is 1. The summed E-state index contributed by atoms with van der Waals surface area (Å²) >= 11 is 0. The molecule has 2 heteroatoms. The molecule has 0 aromatic carbocycles. The van der Waals surface area contributed by atoms with Crippen molar-refractivity contribution in [2.24, 2.45) is 10.9 Å². The Labute approximate surface area is 76.2 Å². The first kappa shape index (κ1) is 11.5. The second-order valence-electron chi connectivity index (χ2n) is 3.21. The van der Waals surface area contributed by atoms with Crippen LogP contribution in [-0.2, 0) is 0 Å². The van der Waals surface area contributed by atoms with Gasteiger partial charge in [0.2, 0.25) is 0 Å². The predicted molar refractivity (Wildman–Crippen MR) is 55.3 cm³/mol. The number of hydrazone groups is 1. The summed E-state index contributed by atoms with van der Waals surface area (Å²) < 4.78 is 0. The van der Waals surface area contributed by atoms with Crippen LogP contribution in [0, 0.1) is 0 Å². The molecular weight excluding hydrogens is 148 g/mol. The van der Waals surface area contributed by atoms with Gasteiger partial charge in [-0.15, -0.1) is 0 Å². The van der Waals surface area contributed by atoms with Gasteiger partial charge >= 0.3 is 0 Å². The molecule has 0 aromatic rings. The molecule has 0 saturated carbocycles. The van der Waals surface area contributed by atoms with Crippen LogP contribution in [0.1, 0.15) is 58.8 Å². The molecular formula is C10H22N2. The average molecular weight is 170 g/mol. The summed E-state index contributed by atoms with van der Waals surface area (Å²) in [5, 5.41) is 3.74. The highest BCUT2D eigenvalue weighted by Gasteiger charge is 1.95. The molecule has 0 radical (unpaired) electrons. The van der Waals surface area contributed by atoms with Gasteiger partial charge < -0.3 is 5.84 Å². The normalized spacial score (nSPS) is 12.0. The molecule has 72 valence electrons. The van der Waals surface area contributed by atoms with Gasteiger partial charge in [-0.2, -0.15) is 5.10 Å². The highest BCUT2D eigenvalue weighted by molar-refractivity contribution is 5.83. The minimum atomic E-state index is 1.00. The van der Waals surface area contributed by atoms with Gasteiger partial charge in [0, 0.05) is 5.71 Å². The molecule has 0 aliphatic carbocycles. The number of rotatable bonds is 7. The van der Waals surface area contributed by atoms with Gasteiger partial charge in [-0.25, -0.2) is 0 Å². The topological polar surface area (TPSA) is 38.4 Å². The molecule has 2 N–H and O–H groups in total. The Morgan fingerprint density at radius 3 is 2.25 bits per heavy atom. The standard InChI is InChI=1S/C10H22N2/c1-3-5-6-7-8-9-10(4-2)12-11/h3-9,11H2,1-2H3. The fourth-order valence-electron chi connectivity index (χ4n) is 1.27. The zero-order valence-electron chi connectivity index (χ0n) is 8.47. The van der Waals surface area contributed by atoms with E-state index in [1.165, 1.54) is 32.1 Å². The molecule has 0 saturated heterocycles. The molecule has 12 heavy (non-hydrogen) atoms. The largest absolute Gasteiger partial charge is 0.323 e. The van der Waals surface area contributed by atoms with Crippen molar-refractivity contribution in [2.75, 3.05) is 0 Å². The first-order valence-electron chi connectivity index (χ1n) is 5.10. The molecule has 0 aromatic heterocycles. The summed E-state index contributed by atoms with van der Waals surface area (Å²) in [5.41, 5.74) is 1.16. The highest BCUT2D eigenvalue weighted by atomic mass is 15.1. The molecule has 0 heterocycles. The van der Waals surface area contributed by atoms with Crippen molar-refractivity contribution in [3.63, 3.8) is 0 Å². The molecule has 2 nitrogen and oxygen atoms in total. The van der Waals surface area contributed by atoms with Crippen molar-refractivity contribution in [3.8, 4) is 0 Å². The molecule has 0 fully saturated rings. The summed E-state index contributed by atoms with van der Waals surface area (Å²) in [4.78, 5) is 0. The van der Waals surface area contributed by atoms with Crippen LogP contribution in [0.3, 0.4) is 0 Å². The molecule has 0 unspecified atom stereocenters. The third-order valence-corrected chi connectivity index (χ3v) is 2.16. The Morgan fingerprint density at radius 1 is 1.08 bits per heavy atom. The lowest BCUT2D eigenvalue weighted by Crippen LogP contribution is -1.99. The van der Waals surface area contributed by atoms with Crippen LogP contribution < -0.4 is 5.84 Å². The van der Waals surface area contributed by atoms with E-state index in [9.17, 15) is 0 Å². The van der Waals surface area contributed by atoms with Crippen LogP contribution in [0.5, 0.6) is 0 Å². The number of nitrogens with two attached hydrogens (primary N) is 1. The molecule has 0 amide bonds. The van der Waals surface area contributed by atoms with Gasteiger partial charge in [-0.1, -0.05) is 39.5 Å². The molecule has 0 rings (SSSR count). The number of unbranched alkanes of at least 4 members (excludes halogenated alkanes) is 4. The third kappa shape index (κ3) is 6.20. The fourth-order valence-corrected chi connectivity index (χ4v) is 1.27. The minimum Gasteiger partial charge on any atom is -0.323 e. The average Bonchev–Trinajstić information content (AvgIpc) is 2.11. The zero-order chi connectivity index (χ0) is 9.23. The van der Waals surface area contributed by atoms with Gasteiger partial charge in [0.05, 0.1) is 0 Å². The van der Waals surface area contributed by atoms with Gasteiger partial charge in [-0.05, 0) is 19.3 Å². The third-order valence-electron chi connectivity index (χ3n) is 2.16. The molecule has 0 spiro atoms. The zero-order valence-corrected chi connectivity index (χ0v) is 8.47. The van der Waals surface area contributed by atoms with Crippen molar-refractivity contribution < 1.29 is 0 Å². The van der Waals surface area contributed by atoms with E-state index in [2.05, 4.69) is 18.9 Å². The van der Waals surface area contributed by atoms with Gasteiger partial charge in [0.1, 0.15) is 0 Å². The van der Waals surface area contributed by atoms with Crippen LogP contribution in [-0.4, -0.2) is 5.71 Å². The van der Waals surface area contributed by atoms with Gasteiger partial charge in [0.15, 0.2) is 0 Å². The van der Waals surface area contributed by atoms with E-state index >= 15 is 0 Å². The van der Waals surface area contributed by atoms with E-state index in [0.29, 0.717) is 0 Å². The molecule has 0 atom stereocenters.